The van der Waals surface area contributed by atoms with E-state index in [-0.39, 0.29) is 27.7 Å². The van der Waals surface area contributed by atoms with Crippen molar-refractivity contribution in [3.8, 4) is 5.75 Å². The Morgan fingerprint density at radius 1 is 0.963 bits per heavy atom. The Morgan fingerprint density at radius 2 is 1.67 bits per heavy atom. The number of nitrogens with zero attached hydrogens (tertiary/aromatic N) is 1. The minimum Gasteiger partial charge on any atom is -0.422 e. The van der Waals surface area contributed by atoms with E-state index in [1.807, 2.05) is 30.3 Å². The van der Waals surface area contributed by atoms with Gasteiger partial charge in [-0.2, -0.15) is 0 Å². The second-order valence-corrected chi connectivity index (χ2v) is 6.22. The molecule has 0 saturated carbocycles. The SMILES string of the molecule is O=C1Oc2ccccc2C(=O)/C1=C/N1C(=O)/C(=C/c2ccccc2)NC1=S. The Bertz CT molecular complexity index is 1060. The molecule has 27 heavy (non-hydrogen) atoms. The van der Waals surface area contributed by atoms with E-state index in [2.05, 4.69) is 5.32 Å². The van der Waals surface area contributed by atoms with Crippen LogP contribution < -0.4 is 10.1 Å². The molecule has 132 valence electrons. The quantitative estimate of drug-likeness (QED) is 0.285. The number of Topliss-reactive ketones (excluding diaryl/α,β-unsaturated/α-hetero) is 1. The van der Waals surface area contributed by atoms with Crippen LogP contribution in [0.4, 0.5) is 0 Å². The first-order valence-corrected chi connectivity index (χ1v) is 8.44. The first-order valence-electron chi connectivity index (χ1n) is 8.03. The number of benzene rings is 2. The van der Waals surface area contributed by atoms with Gasteiger partial charge in [-0.05, 0) is 36.0 Å². The number of rotatable bonds is 2. The first kappa shape index (κ1) is 16.9. The van der Waals surface area contributed by atoms with Gasteiger partial charge < -0.3 is 10.1 Å². The maximum Gasteiger partial charge on any atom is 0.349 e. The number of thiocarbonyl (C=S) groups is 1. The molecule has 0 unspecified atom stereocenters. The van der Waals surface area contributed by atoms with Gasteiger partial charge >= 0.3 is 5.97 Å². The zero-order chi connectivity index (χ0) is 19.0. The maximum absolute atomic E-state index is 12.7. The lowest BCUT2D eigenvalue weighted by Crippen LogP contribution is -2.31. The molecule has 0 bridgehead atoms. The van der Waals surface area contributed by atoms with Crippen molar-refractivity contribution in [2.45, 2.75) is 0 Å². The van der Waals surface area contributed by atoms with Gasteiger partial charge in [-0.3, -0.25) is 14.5 Å². The summed E-state index contributed by atoms with van der Waals surface area (Å²) in [4.78, 5) is 38.5. The summed E-state index contributed by atoms with van der Waals surface area (Å²) in [6.45, 7) is 0. The van der Waals surface area contributed by atoms with E-state index in [1.54, 1.807) is 24.3 Å². The molecule has 6 nitrogen and oxygen atoms in total. The Kier molecular flexibility index (Phi) is 4.13. The molecule has 2 aromatic carbocycles. The molecule has 1 fully saturated rings. The van der Waals surface area contributed by atoms with Gasteiger partial charge in [0.2, 0.25) is 5.78 Å². The van der Waals surface area contributed by atoms with Crippen LogP contribution in [0.15, 0.2) is 72.1 Å². The summed E-state index contributed by atoms with van der Waals surface area (Å²) in [5.74, 6) is -1.61. The highest BCUT2D eigenvalue weighted by Gasteiger charge is 2.35. The van der Waals surface area contributed by atoms with Crippen LogP contribution in [0.1, 0.15) is 15.9 Å². The molecule has 2 aromatic rings. The van der Waals surface area contributed by atoms with Crippen LogP contribution in [0.5, 0.6) is 5.75 Å². The van der Waals surface area contributed by atoms with Crippen LogP contribution in [-0.4, -0.2) is 27.7 Å². The fourth-order valence-corrected chi connectivity index (χ4v) is 3.00. The van der Waals surface area contributed by atoms with Crippen molar-refractivity contribution in [3.05, 3.63) is 83.2 Å². The molecule has 2 aliphatic rings. The third-order valence-corrected chi connectivity index (χ3v) is 4.38. The van der Waals surface area contributed by atoms with Gasteiger partial charge in [-0.15, -0.1) is 0 Å². The Hall–Kier alpha value is -3.58. The fraction of sp³-hybridized carbons (Fsp3) is 0. The van der Waals surface area contributed by atoms with E-state index in [9.17, 15) is 14.4 Å². The molecule has 1 saturated heterocycles. The summed E-state index contributed by atoms with van der Waals surface area (Å²) < 4.78 is 5.17. The van der Waals surface area contributed by atoms with E-state index in [0.29, 0.717) is 0 Å². The van der Waals surface area contributed by atoms with Crippen LogP contribution in [-0.2, 0) is 9.59 Å². The highest BCUT2D eigenvalue weighted by atomic mass is 32.1. The van der Waals surface area contributed by atoms with E-state index in [4.69, 9.17) is 17.0 Å². The number of nitrogens with one attached hydrogen (secondary N) is 1. The number of carbonyl (C=O) groups is 3. The molecule has 0 aromatic heterocycles. The number of hydrogen-bond acceptors (Lipinski definition) is 5. The molecule has 4 rings (SSSR count). The summed E-state index contributed by atoms with van der Waals surface area (Å²) >= 11 is 5.18. The third kappa shape index (κ3) is 3.04. The largest absolute Gasteiger partial charge is 0.422 e. The highest BCUT2D eigenvalue weighted by Crippen LogP contribution is 2.28. The zero-order valence-electron chi connectivity index (χ0n) is 13.8. The molecular weight excluding hydrogens is 364 g/mol. The molecular formula is C20H12N2O4S. The monoisotopic (exact) mass is 376 g/mol. The lowest BCUT2D eigenvalue weighted by atomic mass is 10.0. The standard InChI is InChI=1S/C20H12N2O4S/c23-17-13-8-4-5-9-16(13)26-19(25)14(17)11-22-18(24)15(21-20(22)27)10-12-6-2-1-3-7-12/h1-11H,(H,21,27)/b14-11-,15-10-. The average Bonchev–Trinajstić information content (AvgIpc) is 2.93. The van der Waals surface area contributed by atoms with Crippen molar-refractivity contribution in [2.75, 3.05) is 0 Å². The van der Waals surface area contributed by atoms with Gasteiger partial charge in [0.1, 0.15) is 17.0 Å². The van der Waals surface area contributed by atoms with Crippen LogP contribution in [0, 0.1) is 0 Å². The van der Waals surface area contributed by atoms with Crippen molar-refractivity contribution >= 4 is 41.1 Å². The molecule has 1 N–H and O–H groups in total. The minimum absolute atomic E-state index is 0.0779. The van der Waals surface area contributed by atoms with Gasteiger partial charge in [-0.25, -0.2) is 4.79 Å². The number of fused-ring (bicyclic) bond motifs is 1. The number of esters is 1. The van der Waals surface area contributed by atoms with Gasteiger partial charge in [0.05, 0.1) is 5.56 Å². The Balaban J connectivity index is 1.67. The molecule has 0 atom stereocenters. The molecule has 0 aliphatic carbocycles. The average molecular weight is 376 g/mol. The van der Waals surface area contributed by atoms with E-state index in [0.717, 1.165) is 16.7 Å². The van der Waals surface area contributed by atoms with Gasteiger partial charge in [0.15, 0.2) is 5.11 Å². The lowest BCUT2D eigenvalue weighted by molar-refractivity contribution is -0.130. The predicted octanol–water partition coefficient (Wildman–Crippen LogP) is 2.43. The summed E-state index contributed by atoms with van der Waals surface area (Å²) in [5.41, 5.74) is 1.06. The van der Waals surface area contributed by atoms with E-state index in [1.165, 1.54) is 6.07 Å². The van der Waals surface area contributed by atoms with Crippen LogP contribution >= 0.6 is 12.2 Å². The summed E-state index contributed by atoms with van der Waals surface area (Å²) in [5, 5.41) is 2.88. The summed E-state index contributed by atoms with van der Waals surface area (Å²) in [6.07, 6.45) is 2.77. The van der Waals surface area contributed by atoms with Crippen LogP contribution in [0.3, 0.4) is 0 Å². The maximum atomic E-state index is 12.7. The molecule has 2 aliphatic heterocycles. The Labute approximate surface area is 159 Å². The topological polar surface area (TPSA) is 75.7 Å². The van der Waals surface area contributed by atoms with Gasteiger partial charge in [-0.1, -0.05) is 42.5 Å². The second kappa shape index (κ2) is 6.62. The van der Waals surface area contributed by atoms with Crippen molar-refractivity contribution < 1.29 is 19.1 Å². The molecule has 0 radical (unpaired) electrons. The van der Waals surface area contributed by atoms with E-state index < -0.39 is 17.7 Å². The number of ether oxygens (including phenoxy) is 1. The number of amides is 1. The molecule has 2 heterocycles. The van der Waals surface area contributed by atoms with Crippen molar-refractivity contribution in [2.24, 2.45) is 0 Å². The summed E-state index contributed by atoms with van der Waals surface area (Å²) in [7, 11) is 0. The van der Waals surface area contributed by atoms with Crippen molar-refractivity contribution in [3.63, 3.8) is 0 Å². The van der Waals surface area contributed by atoms with Crippen molar-refractivity contribution in [1.29, 1.82) is 0 Å². The predicted molar refractivity (Wildman–Crippen MR) is 101 cm³/mol. The number of hydrogen-bond donors (Lipinski definition) is 1. The number of carbonyl (C=O) groups excluding carboxylic acids is 3. The minimum atomic E-state index is -0.824. The fourth-order valence-electron chi connectivity index (χ4n) is 2.76. The first-order chi connectivity index (χ1) is 13.0. The summed E-state index contributed by atoms with van der Waals surface area (Å²) in [6, 6.07) is 15.7. The van der Waals surface area contributed by atoms with Crippen LogP contribution in [0.25, 0.3) is 6.08 Å². The third-order valence-electron chi connectivity index (χ3n) is 4.08. The normalized spacial score (nSPS) is 19.3. The Morgan fingerprint density at radius 3 is 2.44 bits per heavy atom. The second-order valence-electron chi connectivity index (χ2n) is 5.83. The van der Waals surface area contributed by atoms with Gasteiger partial charge in [0, 0.05) is 6.20 Å². The molecule has 1 amide bonds. The highest BCUT2D eigenvalue weighted by molar-refractivity contribution is 7.80. The number of ketones is 1. The lowest BCUT2D eigenvalue weighted by Gasteiger charge is -2.18. The molecule has 0 spiro atoms. The van der Waals surface area contributed by atoms with Crippen LogP contribution in [0.2, 0.25) is 0 Å². The smallest absolute Gasteiger partial charge is 0.349 e. The zero-order valence-corrected chi connectivity index (χ0v) is 14.7. The van der Waals surface area contributed by atoms with Gasteiger partial charge in [0.25, 0.3) is 5.91 Å². The number of para-hydroxylation sites is 1. The molecule has 7 heteroatoms. The van der Waals surface area contributed by atoms with E-state index >= 15 is 0 Å². The van der Waals surface area contributed by atoms with Crippen molar-refractivity contribution in [1.82, 2.24) is 10.2 Å².